The number of aromatic amines is 1. The van der Waals surface area contributed by atoms with E-state index in [0.717, 1.165) is 49.3 Å². The zero-order valence-electron chi connectivity index (χ0n) is 12.0. The van der Waals surface area contributed by atoms with Crippen LogP contribution in [0.5, 0.6) is 0 Å². The Hall–Kier alpha value is -0.750. The van der Waals surface area contributed by atoms with Crippen LogP contribution in [0.2, 0.25) is 0 Å². The van der Waals surface area contributed by atoms with Crippen LogP contribution in [0.1, 0.15) is 11.3 Å². The molecule has 0 unspecified atom stereocenters. The number of likely N-dealkylation sites (N-methyl/N-ethyl adjacent to an activating group) is 1. The number of fused-ring (bicyclic) bond motifs is 1. The molecule has 1 saturated heterocycles. The minimum absolute atomic E-state index is 0.189. The first-order valence-corrected chi connectivity index (χ1v) is 8.92. The lowest BCUT2D eigenvalue weighted by molar-refractivity contribution is 0.148. The number of piperazine rings is 1. The van der Waals surface area contributed by atoms with Crippen molar-refractivity contribution < 1.29 is 4.39 Å². The fourth-order valence-corrected chi connectivity index (χ4v) is 3.55. The summed E-state index contributed by atoms with van der Waals surface area (Å²) < 4.78 is 13.6. The Kier molecular flexibility index (Phi) is 4.74. The van der Waals surface area contributed by atoms with Crippen molar-refractivity contribution in [1.82, 2.24) is 14.8 Å². The molecule has 0 saturated carbocycles. The minimum Gasteiger partial charge on any atom is -0.357 e. The highest BCUT2D eigenvalue weighted by Gasteiger charge is 2.18. The van der Waals surface area contributed by atoms with Crippen molar-refractivity contribution in [3.05, 3.63) is 35.3 Å². The number of rotatable bonds is 4. The van der Waals surface area contributed by atoms with Crippen molar-refractivity contribution in [3.63, 3.8) is 0 Å². The van der Waals surface area contributed by atoms with Gasteiger partial charge in [-0.1, -0.05) is 0 Å². The SMILES string of the molecule is CN1CCN(Cc2c(CSCl)[nH]c3ccc(F)cc23)CC1. The molecule has 0 aliphatic carbocycles. The van der Waals surface area contributed by atoms with Crippen LogP contribution in [0.3, 0.4) is 0 Å². The molecule has 2 aromatic rings. The molecule has 21 heavy (non-hydrogen) atoms. The lowest BCUT2D eigenvalue weighted by atomic mass is 10.1. The van der Waals surface area contributed by atoms with Gasteiger partial charge in [0, 0.05) is 55.1 Å². The zero-order chi connectivity index (χ0) is 14.8. The molecule has 3 rings (SSSR count). The summed E-state index contributed by atoms with van der Waals surface area (Å²) >= 11 is 0. The van der Waals surface area contributed by atoms with Gasteiger partial charge in [0.05, 0.1) is 0 Å². The number of halogens is 2. The number of nitrogens with one attached hydrogen (secondary N) is 1. The fourth-order valence-electron chi connectivity index (χ4n) is 2.86. The summed E-state index contributed by atoms with van der Waals surface area (Å²) in [6.07, 6.45) is 0. The summed E-state index contributed by atoms with van der Waals surface area (Å²) in [5, 5.41) is 0.981. The summed E-state index contributed by atoms with van der Waals surface area (Å²) in [7, 11) is 9.25. The Morgan fingerprint density at radius 1 is 1.29 bits per heavy atom. The van der Waals surface area contributed by atoms with Crippen LogP contribution in [0, 0.1) is 5.82 Å². The van der Waals surface area contributed by atoms with Crippen LogP contribution >= 0.6 is 21.7 Å². The van der Waals surface area contributed by atoms with E-state index in [1.807, 2.05) is 0 Å². The summed E-state index contributed by atoms with van der Waals surface area (Å²) in [5.74, 6) is 0.521. The Bertz CT molecular complexity index is 623. The summed E-state index contributed by atoms with van der Waals surface area (Å²) in [4.78, 5) is 8.14. The molecule has 0 radical (unpaired) electrons. The first kappa shape index (κ1) is 15.2. The topological polar surface area (TPSA) is 22.3 Å². The zero-order valence-corrected chi connectivity index (χ0v) is 13.6. The van der Waals surface area contributed by atoms with E-state index in [4.69, 9.17) is 10.7 Å². The maximum absolute atomic E-state index is 13.6. The van der Waals surface area contributed by atoms with E-state index in [0.29, 0.717) is 5.75 Å². The summed E-state index contributed by atoms with van der Waals surface area (Å²) in [6, 6.07) is 4.93. The molecule has 114 valence electrons. The van der Waals surface area contributed by atoms with Crippen molar-refractivity contribution in [2.24, 2.45) is 0 Å². The number of nitrogens with zero attached hydrogens (tertiary/aromatic N) is 2. The molecule has 0 spiro atoms. The molecule has 2 heterocycles. The second-order valence-electron chi connectivity index (χ2n) is 5.60. The van der Waals surface area contributed by atoms with Crippen molar-refractivity contribution in [3.8, 4) is 0 Å². The molecule has 1 aliphatic heterocycles. The van der Waals surface area contributed by atoms with E-state index < -0.39 is 0 Å². The predicted molar refractivity (Wildman–Crippen MR) is 88.2 cm³/mol. The third-order valence-electron chi connectivity index (χ3n) is 4.13. The van der Waals surface area contributed by atoms with Crippen LogP contribution in [0.15, 0.2) is 18.2 Å². The van der Waals surface area contributed by atoms with Crippen molar-refractivity contribution in [2.75, 3.05) is 33.2 Å². The number of H-pyrrole nitrogens is 1. The normalized spacial score (nSPS) is 17.7. The third-order valence-corrected chi connectivity index (χ3v) is 4.86. The van der Waals surface area contributed by atoms with E-state index in [2.05, 4.69) is 21.8 Å². The van der Waals surface area contributed by atoms with Crippen LogP contribution in [0.25, 0.3) is 10.9 Å². The van der Waals surface area contributed by atoms with Gasteiger partial charge in [-0.25, -0.2) is 4.39 Å². The van der Waals surface area contributed by atoms with E-state index in [-0.39, 0.29) is 5.82 Å². The molecule has 0 bridgehead atoms. The molecule has 6 heteroatoms. The largest absolute Gasteiger partial charge is 0.357 e. The highest BCUT2D eigenvalue weighted by molar-refractivity contribution is 8.20. The first-order valence-electron chi connectivity index (χ1n) is 7.11. The van der Waals surface area contributed by atoms with Gasteiger partial charge in [0.15, 0.2) is 0 Å². The highest BCUT2D eigenvalue weighted by atomic mass is 35.7. The Balaban J connectivity index is 1.91. The van der Waals surface area contributed by atoms with Gasteiger partial charge in [0.2, 0.25) is 0 Å². The lowest BCUT2D eigenvalue weighted by Crippen LogP contribution is -2.43. The number of hydrogen-bond acceptors (Lipinski definition) is 3. The van der Waals surface area contributed by atoms with Gasteiger partial charge in [-0.15, -0.1) is 0 Å². The molecule has 1 aromatic carbocycles. The Morgan fingerprint density at radius 3 is 2.76 bits per heavy atom. The van der Waals surface area contributed by atoms with E-state index in [1.165, 1.54) is 22.6 Å². The molecular weight excluding hydrogens is 309 g/mol. The molecule has 3 nitrogen and oxygen atoms in total. The number of hydrogen-bond donors (Lipinski definition) is 1. The highest BCUT2D eigenvalue weighted by Crippen LogP contribution is 2.28. The second-order valence-corrected chi connectivity index (χ2v) is 6.77. The Labute approximate surface area is 132 Å². The molecular formula is C15H19ClFN3S. The molecule has 1 aliphatic rings. The van der Waals surface area contributed by atoms with Gasteiger partial charge in [0.1, 0.15) is 5.82 Å². The van der Waals surface area contributed by atoms with Gasteiger partial charge in [0.25, 0.3) is 0 Å². The van der Waals surface area contributed by atoms with Gasteiger partial charge in [-0.05, 0) is 52.5 Å². The number of benzene rings is 1. The summed E-state index contributed by atoms with van der Waals surface area (Å²) in [6.45, 7) is 5.11. The van der Waals surface area contributed by atoms with Crippen LogP contribution in [-0.2, 0) is 12.3 Å². The van der Waals surface area contributed by atoms with Crippen molar-refractivity contribution >= 4 is 32.6 Å². The van der Waals surface area contributed by atoms with Gasteiger partial charge >= 0.3 is 0 Å². The van der Waals surface area contributed by atoms with Crippen LogP contribution in [-0.4, -0.2) is 48.0 Å². The maximum atomic E-state index is 13.6. The first-order chi connectivity index (χ1) is 10.2. The average molecular weight is 328 g/mol. The molecule has 1 fully saturated rings. The van der Waals surface area contributed by atoms with E-state index >= 15 is 0 Å². The molecule has 1 N–H and O–H groups in total. The fraction of sp³-hybridized carbons (Fsp3) is 0.467. The number of aromatic nitrogens is 1. The average Bonchev–Trinajstić information content (AvgIpc) is 2.79. The lowest BCUT2D eigenvalue weighted by Gasteiger charge is -2.32. The van der Waals surface area contributed by atoms with Gasteiger partial charge in [-0.3, -0.25) is 4.90 Å². The maximum Gasteiger partial charge on any atom is 0.123 e. The molecule has 0 atom stereocenters. The van der Waals surface area contributed by atoms with Gasteiger partial charge in [-0.2, -0.15) is 0 Å². The third kappa shape index (κ3) is 3.37. The van der Waals surface area contributed by atoms with Gasteiger partial charge < -0.3 is 9.88 Å². The van der Waals surface area contributed by atoms with E-state index in [1.54, 1.807) is 12.1 Å². The second kappa shape index (κ2) is 6.57. The smallest absolute Gasteiger partial charge is 0.123 e. The quantitative estimate of drug-likeness (QED) is 0.930. The predicted octanol–water partition coefficient (Wildman–Crippen LogP) is 3.44. The van der Waals surface area contributed by atoms with Crippen molar-refractivity contribution in [1.29, 1.82) is 0 Å². The van der Waals surface area contributed by atoms with Crippen LogP contribution in [0.4, 0.5) is 4.39 Å². The summed E-state index contributed by atoms with van der Waals surface area (Å²) in [5.41, 5.74) is 3.28. The van der Waals surface area contributed by atoms with E-state index in [9.17, 15) is 4.39 Å². The monoisotopic (exact) mass is 327 g/mol. The molecule has 0 amide bonds. The minimum atomic E-state index is -0.189. The van der Waals surface area contributed by atoms with Crippen LogP contribution < -0.4 is 0 Å². The standard InChI is InChI=1S/C15H19ClFN3S/c1-19-4-6-20(7-5-19)9-13-12-8-11(17)2-3-14(12)18-15(13)10-21-16/h2-3,8,18H,4-7,9-10H2,1H3. The Morgan fingerprint density at radius 2 is 2.05 bits per heavy atom. The molecule has 1 aromatic heterocycles. The van der Waals surface area contributed by atoms with Crippen molar-refractivity contribution in [2.45, 2.75) is 12.3 Å².